The Labute approximate surface area is 125 Å². The summed E-state index contributed by atoms with van der Waals surface area (Å²) in [6.07, 6.45) is 3.73. The highest BCUT2D eigenvalue weighted by atomic mass is 35.5. The second kappa shape index (κ2) is 6.89. The Bertz CT molecular complexity index is 519. The van der Waals surface area contributed by atoms with Crippen LogP contribution in [-0.2, 0) is 25.5 Å². The lowest BCUT2D eigenvalue weighted by molar-refractivity contribution is -0.0360. The van der Waals surface area contributed by atoms with Gasteiger partial charge >= 0.3 is 0 Å². The third kappa shape index (κ3) is 5.40. The van der Waals surface area contributed by atoms with Crippen molar-refractivity contribution in [1.82, 2.24) is 0 Å². The Balaban J connectivity index is 1.75. The first kappa shape index (κ1) is 15.8. The van der Waals surface area contributed by atoms with E-state index in [4.69, 9.17) is 20.5 Å². The summed E-state index contributed by atoms with van der Waals surface area (Å²) in [5.41, 5.74) is 1.24. The number of hydrogen-bond donors (Lipinski definition) is 0. The summed E-state index contributed by atoms with van der Waals surface area (Å²) < 4.78 is 32.3. The van der Waals surface area contributed by atoms with Crippen LogP contribution in [0.4, 0.5) is 0 Å². The fraction of sp³-hybridized carbons (Fsp3) is 0.571. The van der Waals surface area contributed by atoms with Crippen molar-refractivity contribution in [2.75, 3.05) is 19.5 Å². The lowest BCUT2D eigenvalue weighted by Gasteiger charge is -2.28. The van der Waals surface area contributed by atoms with Crippen molar-refractivity contribution in [2.24, 2.45) is 5.92 Å². The van der Waals surface area contributed by atoms with Crippen molar-refractivity contribution in [3.8, 4) is 0 Å². The molecule has 0 aromatic heterocycles. The molecule has 1 heterocycles. The molecule has 1 aromatic rings. The van der Waals surface area contributed by atoms with E-state index < -0.39 is 10.1 Å². The third-order valence-corrected chi connectivity index (χ3v) is 4.19. The molecule has 2 rings (SSSR count). The molecule has 1 aliphatic rings. The van der Waals surface area contributed by atoms with E-state index >= 15 is 0 Å². The van der Waals surface area contributed by atoms with Crippen LogP contribution in [0.1, 0.15) is 18.4 Å². The van der Waals surface area contributed by atoms with Gasteiger partial charge in [-0.2, -0.15) is 8.42 Å². The summed E-state index contributed by atoms with van der Waals surface area (Å²) in [5, 5.41) is 0.742. The van der Waals surface area contributed by atoms with Crippen LogP contribution in [-0.4, -0.2) is 34.0 Å². The minimum atomic E-state index is -3.38. The molecule has 0 spiro atoms. The quantitative estimate of drug-likeness (QED) is 0.783. The van der Waals surface area contributed by atoms with Crippen LogP contribution < -0.4 is 0 Å². The summed E-state index contributed by atoms with van der Waals surface area (Å²) >= 11 is 5.86. The van der Waals surface area contributed by atoms with Gasteiger partial charge in [-0.15, -0.1) is 0 Å². The van der Waals surface area contributed by atoms with Crippen molar-refractivity contribution >= 4 is 21.7 Å². The van der Waals surface area contributed by atoms with Gasteiger partial charge in [0, 0.05) is 5.02 Å². The van der Waals surface area contributed by atoms with Crippen molar-refractivity contribution < 1.29 is 17.3 Å². The van der Waals surface area contributed by atoms with E-state index in [1.807, 2.05) is 24.3 Å². The standard InChI is InChI=1S/C14H19ClO4S/c1-20(16,17)19-10-14-7-4-12(9-18-14)8-11-2-5-13(15)6-3-11/h2-3,5-6,12,14H,4,7-10H2,1H3/t12-,14+/m0/s1. The Hall–Kier alpha value is -0.620. The monoisotopic (exact) mass is 318 g/mol. The zero-order valence-corrected chi connectivity index (χ0v) is 13.0. The summed E-state index contributed by atoms with van der Waals surface area (Å²) in [6, 6.07) is 7.84. The molecular weight excluding hydrogens is 300 g/mol. The Morgan fingerprint density at radius 1 is 1.30 bits per heavy atom. The fourth-order valence-electron chi connectivity index (χ4n) is 2.31. The van der Waals surface area contributed by atoms with Crippen LogP contribution in [0, 0.1) is 5.92 Å². The molecule has 0 aliphatic carbocycles. The topological polar surface area (TPSA) is 52.6 Å². The van der Waals surface area contributed by atoms with Gasteiger partial charge in [-0.3, -0.25) is 4.18 Å². The molecule has 2 atom stereocenters. The van der Waals surface area contributed by atoms with Crippen LogP contribution in [0.5, 0.6) is 0 Å². The highest BCUT2D eigenvalue weighted by Gasteiger charge is 2.23. The van der Waals surface area contributed by atoms with E-state index in [0.717, 1.165) is 30.5 Å². The summed E-state index contributed by atoms with van der Waals surface area (Å²) in [7, 11) is -3.38. The van der Waals surface area contributed by atoms with Gasteiger partial charge in [0.1, 0.15) is 0 Å². The molecule has 1 aromatic carbocycles. The molecule has 20 heavy (non-hydrogen) atoms. The predicted octanol–water partition coefficient (Wildman–Crippen LogP) is 2.65. The van der Waals surface area contributed by atoms with E-state index in [9.17, 15) is 8.42 Å². The van der Waals surface area contributed by atoms with E-state index in [1.54, 1.807) is 0 Å². The molecule has 112 valence electrons. The van der Waals surface area contributed by atoms with E-state index in [2.05, 4.69) is 0 Å². The maximum Gasteiger partial charge on any atom is 0.264 e. The molecule has 4 nitrogen and oxygen atoms in total. The van der Waals surface area contributed by atoms with Crippen molar-refractivity contribution in [3.05, 3.63) is 34.9 Å². The van der Waals surface area contributed by atoms with Gasteiger partial charge in [-0.05, 0) is 42.9 Å². The number of halogens is 1. The average Bonchev–Trinajstić information content (AvgIpc) is 2.40. The second-order valence-corrected chi connectivity index (χ2v) is 7.30. The van der Waals surface area contributed by atoms with Crippen LogP contribution in [0.15, 0.2) is 24.3 Å². The highest BCUT2D eigenvalue weighted by molar-refractivity contribution is 7.85. The first-order chi connectivity index (χ1) is 9.42. The second-order valence-electron chi connectivity index (χ2n) is 5.22. The summed E-state index contributed by atoms with van der Waals surface area (Å²) in [4.78, 5) is 0. The molecule has 0 bridgehead atoms. The van der Waals surface area contributed by atoms with Crippen LogP contribution in [0.3, 0.4) is 0 Å². The summed E-state index contributed by atoms with van der Waals surface area (Å²) in [5.74, 6) is 0.464. The minimum absolute atomic E-state index is 0.118. The number of ether oxygens (including phenoxy) is 1. The molecule has 0 amide bonds. The smallest absolute Gasteiger partial charge is 0.264 e. The van der Waals surface area contributed by atoms with Gasteiger partial charge in [-0.1, -0.05) is 23.7 Å². The molecule has 1 saturated heterocycles. The Kier molecular flexibility index (Phi) is 5.43. The first-order valence-corrected chi connectivity index (χ1v) is 8.82. The molecule has 0 unspecified atom stereocenters. The van der Waals surface area contributed by atoms with Crippen LogP contribution in [0.2, 0.25) is 5.02 Å². The lowest BCUT2D eigenvalue weighted by atomic mass is 9.92. The molecule has 0 N–H and O–H groups in total. The van der Waals surface area contributed by atoms with E-state index in [0.29, 0.717) is 12.5 Å². The molecular formula is C14H19ClO4S. The van der Waals surface area contributed by atoms with Crippen LogP contribution >= 0.6 is 11.6 Å². The SMILES string of the molecule is CS(=O)(=O)OC[C@H]1CC[C@@H](Cc2ccc(Cl)cc2)CO1. The number of hydrogen-bond acceptors (Lipinski definition) is 4. The predicted molar refractivity (Wildman–Crippen MR) is 78.4 cm³/mol. The van der Waals surface area contributed by atoms with Crippen LogP contribution in [0.25, 0.3) is 0 Å². The molecule has 1 fully saturated rings. The minimum Gasteiger partial charge on any atom is -0.375 e. The van der Waals surface area contributed by atoms with Gasteiger partial charge in [-0.25, -0.2) is 0 Å². The molecule has 6 heteroatoms. The number of rotatable bonds is 5. The lowest BCUT2D eigenvalue weighted by Crippen LogP contribution is -2.31. The maximum absolute atomic E-state index is 10.9. The van der Waals surface area contributed by atoms with E-state index in [1.165, 1.54) is 5.56 Å². The molecule has 1 aliphatic heterocycles. The normalized spacial score (nSPS) is 23.7. The van der Waals surface area contributed by atoms with Gasteiger partial charge in [0.15, 0.2) is 0 Å². The zero-order chi connectivity index (χ0) is 14.6. The van der Waals surface area contributed by atoms with Gasteiger partial charge in [0.2, 0.25) is 0 Å². The zero-order valence-electron chi connectivity index (χ0n) is 11.4. The van der Waals surface area contributed by atoms with Crippen molar-refractivity contribution in [3.63, 3.8) is 0 Å². The molecule has 0 radical (unpaired) electrons. The largest absolute Gasteiger partial charge is 0.375 e. The fourth-order valence-corrected chi connectivity index (χ4v) is 2.83. The van der Waals surface area contributed by atoms with Gasteiger partial charge in [0.25, 0.3) is 10.1 Å². The summed E-state index contributed by atoms with van der Waals surface area (Å²) in [6.45, 7) is 0.757. The van der Waals surface area contributed by atoms with Gasteiger partial charge in [0.05, 0.1) is 25.6 Å². The van der Waals surface area contributed by atoms with Gasteiger partial charge < -0.3 is 4.74 Å². The highest BCUT2D eigenvalue weighted by Crippen LogP contribution is 2.23. The number of benzene rings is 1. The Morgan fingerprint density at radius 3 is 2.55 bits per heavy atom. The Morgan fingerprint density at radius 2 is 2.00 bits per heavy atom. The first-order valence-electron chi connectivity index (χ1n) is 6.63. The van der Waals surface area contributed by atoms with Crippen molar-refractivity contribution in [2.45, 2.75) is 25.4 Å². The third-order valence-electron chi connectivity index (χ3n) is 3.37. The molecule has 0 saturated carbocycles. The average molecular weight is 319 g/mol. The maximum atomic E-state index is 10.9. The van der Waals surface area contributed by atoms with E-state index in [-0.39, 0.29) is 12.7 Å². The van der Waals surface area contributed by atoms with Crippen molar-refractivity contribution in [1.29, 1.82) is 0 Å².